The third-order valence-corrected chi connectivity index (χ3v) is 5.09. The minimum atomic E-state index is -0.597. The summed E-state index contributed by atoms with van der Waals surface area (Å²) in [4.78, 5) is 4.66. The molecule has 1 unspecified atom stereocenters. The molecule has 0 saturated carbocycles. The Morgan fingerprint density at radius 2 is 1.78 bits per heavy atom. The summed E-state index contributed by atoms with van der Waals surface area (Å²) in [6.07, 6.45) is 0.255. The number of hydrogen-bond acceptors (Lipinski definition) is 3. The van der Waals surface area contributed by atoms with Crippen LogP contribution in [0.3, 0.4) is 0 Å². The van der Waals surface area contributed by atoms with Crippen molar-refractivity contribution in [2.45, 2.75) is 59.6 Å². The van der Waals surface area contributed by atoms with Crippen LogP contribution in [0, 0.1) is 13.8 Å². The van der Waals surface area contributed by atoms with Crippen molar-refractivity contribution in [3.8, 4) is 5.75 Å². The summed E-state index contributed by atoms with van der Waals surface area (Å²) in [5.74, 6) is 2.12. The number of benzene rings is 2. The van der Waals surface area contributed by atoms with Gasteiger partial charge in [-0.15, -0.1) is 0 Å². The van der Waals surface area contributed by atoms with E-state index in [2.05, 4.69) is 61.5 Å². The number of aromatic nitrogens is 2. The van der Waals surface area contributed by atoms with Crippen molar-refractivity contribution < 1.29 is 9.84 Å². The predicted molar refractivity (Wildman–Crippen MR) is 110 cm³/mol. The molecule has 0 amide bonds. The summed E-state index contributed by atoms with van der Waals surface area (Å²) < 4.78 is 8.18. The van der Waals surface area contributed by atoms with Crippen LogP contribution in [0.2, 0.25) is 0 Å². The number of aliphatic hydroxyl groups is 1. The Labute approximate surface area is 161 Å². The largest absolute Gasteiger partial charge is 0.493 e. The van der Waals surface area contributed by atoms with Gasteiger partial charge in [-0.2, -0.15) is 0 Å². The van der Waals surface area contributed by atoms with E-state index in [4.69, 9.17) is 4.74 Å². The summed E-state index contributed by atoms with van der Waals surface area (Å²) in [6, 6.07) is 12.5. The van der Waals surface area contributed by atoms with Crippen molar-refractivity contribution in [3.63, 3.8) is 0 Å². The lowest BCUT2D eigenvalue weighted by atomic mass is 10.0. The van der Waals surface area contributed by atoms with Crippen LogP contribution >= 0.6 is 0 Å². The highest BCUT2D eigenvalue weighted by Crippen LogP contribution is 2.27. The number of imidazole rings is 1. The van der Waals surface area contributed by atoms with Crippen LogP contribution < -0.4 is 4.74 Å². The normalized spacial score (nSPS) is 12.7. The SMILES string of the molecule is Cc1cc2nc(C(C)O)n(CCCOc3ccccc3C(C)C)c2cc1C. The second-order valence-corrected chi connectivity index (χ2v) is 7.62. The van der Waals surface area contributed by atoms with Gasteiger partial charge < -0.3 is 14.4 Å². The second kappa shape index (κ2) is 8.13. The van der Waals surface area contributed by atoms with Gasteiger partial charge in [0.1, 0.15) is 17.7 Å². The van der Waals surface area contributed by atoms with Crippen molar-refractivity contribution in [2.24, 2.45) is 0 Å². The minimum absolute atomic E-state index is 0.437. The summed E-state index contributed by atoms with van der Waals surface area (Å²) in [6.45, 7) is 11.7. The number of fused-ring (bicyclic) bond motifs is 1. The molecule has 4 heteroatoms. The average Bonchev–Trinajstić information content (AvgIpc) is 2.97. The Hall–Kier alpha value is -2.33. The fraction of sp³-hybridized carbons (Fsp3) is 0.435. The quantitative estimate of drug-likeness (QED) is 0.577. The van der Waals surface area contributed by atoms with Gasteiger partial charge in [0.25, 0.3) is 0 Å². The van der Waals surface area contributed by atoms with E-state index >= 15 is 0 Å². The zero-order chi connectivity index (χ0) is 19.6. The molecule has 144 valence electrons. The maximum absolute atomic E-state index is 10.2. The molecule has 0 aliphatic heterocycles. The predicted octanol–water partition coefficient (Wildman–Crippen LogP) is 5.30. The molecule has 3 aromatic rings. The van der Waals surface area contributed by atoms with Crippen LogP contribution in [0.4, 0.5) is 0 Å². The Kier molecular flexibility index (Phi) is 5.85. The molecule has 0 aliphatic carbocycles. The molecule has 0 aliphatic rings. The van der Waals surface area contributed by atoms with E-state index in [1.165, 1.54) is 16.7 Å². The standard InChI is InChI=1S/C23H30N2O2/c1-15(2)19-9-6-7-10-22(19)27-12-8-11-25-21-14-17(4)16(3)13-20(21)24-23(25)18(5)26/h6-7,9-10,13-15,18,26H,8,11-12H2,1-5H3. The van der Waals surface area contributed by atoms with Gasteiger partial charge in [0.2, 0.25) is 0 Å². The average molecular weight is 367 g/mol. The lowest BCUT2D eigenvalue weighted by Gasteiger charge is -2.15. The van der Waals surface area contributed by atoms with Crippen molar-refractivity contribution in [3.05, 3.63) is 58.9 Å². The molecule has 1 N–H and O–H groups in total. The first-order valence-electron chi connectivity index (χ1n) is 9.75. The van der Waals surface area contributed by atoms with Crippen molar-refractivity contribution >= 4 is 11.0 Å². The number of aryl methyl sites for hydroxylation is 3. The zero-order valence-electron chi connectivity index (χ0n) is 17.0. The molecule has 0 spiro atoms. The number of rotatable bonds is 7. The molecule has 4 nitrogen and oxygen atoms in total. The molecule has 1 atom stereocenters. The number of para-hydroxylation sites is 1. The van der Waals surface area contributed by atoms with E-state index in [0.717, 1.165) is 35.6 Å². The second-order valence-electron chi connectivity index (χ2n) is 7.62. The van der Waals surface area contributed by atoms with Crippen LogP contribution in [0.1, 0.15) is 61.7 Å². The van der Waals surface area contributed by atoms with Gasteiger partial charge in [0.15, 0.2) is 0 Å². The number of ether oxygens (including phenoxy) is 1. The highest BCUT2D eigenvalue weighted by molar-refractivity contribution is 5.78. The first kappa shape index (κ1) is 19.4. The van der Waals surface area contributed by atoms with Crippen molar-refractivity contribution in [1.82, 2.24) is 9.55 Å². The molecular weight excluding hydrogens is 336 g/mol. The highest BCUT2D eigenvalue weighted by Gasteiger charge is 2.15. The Balaban J connectivity index is 1.75. The smallest absolute Gasteiger partial charge is 0.138 e. The van der Waals surface area contributed by atoms with Crippen LogP contribution in [-0.2, 0) is 6.54 Å². The Morgan fingerprint density at radius 1 is 1.07 bits per heavy atom. The van der Waals surface area contributed by atoms with Gasteiger partial charge in [0, 0.05) is 6.54 Å². The summed E-state index contributed by atoms with van der Waals surface area (Å²) in [7, 11) is 0. The molecule has 0 fully saturated rings. The summed E-state index contributed by atoms with van der Waals surface area (Å²) in [5.41, 5.74) is 5.72. The third kappa shape index (κ3) is 4.16. The van der Waals surface area contributed by atoms with Gasteiger partial charge >= 0.3 is 0 Å². The van der Waals surface area contributed by atoms with E-state index in [-0.39, 0.29) is 0 Å². The molecular formula is C23H30N2O2. The maximum Gasteiger partial charge on any atom is 0.138 e. The van der Waals surface area contributed by atoms with E-state index in [1.54, 1.807) is 6.92 Å². The summed E-state index contributed by atoms with van der Waals surface area (Å²) in [5, 5.41) is 10.2. The maximum atomic E-state index is 10.2. The first-order chi connectivity index (χ1) is 12.9. The molecule has 0 radical (unpaired) electrons. The fourth-order valence-electron chi connectivity index (χ4n) is 3.45. The number of aliphatic hydroxyl groups excluding tert-OH is 1. The molecule has 0 saturated heterocycles. The molecule has 3 rings (SSSR count). The van der Waals surface area contributed by atoms with Gasteiger partial charge in [-0.3, -0.25) is 0 Å². The van der Waals surface area contributed by atoms with Crippen molar-refractivity contribution in [2.75, 3.05) is 6.61 Å². The zero-order valence-corrected chi connectivity index (χ0v) is 17.0. The fourth-order valence-corrected chi connectivity index (χ4v) is 3.45. The first-order valence-corrected chi connectivity index (χ1v) is 9.75. The topological polar surface area (TPSA) is 47.3 Å². The monoisotopic (exact) mass is 366 g/mol. The number of nitrogens with zero attached hydrogens (tertiary/aromatic N) is 2. The van der Waals surface area contributed by atoms with Crippen LogP contribution in [0.15, 0.2) is 36.4 Å². The van der Waals surface area contributed by atoms with E-state index in [0.29, 0.717) is 12.5 Å². The Bertz CT molecular complexity index is 926. The van der Waals surface area contributed by atoms with Crippen LogP contribution in [0.5, 0.6) is 5.75 Å². The lowest BCUT2D eigenvalue weighted by molar-refractivity contribution is 0.183. The van der Waals surface area contributed by atoms with Crippen molar-refractivity contribution in [1.29, 1.82) is 0 Å². The molecule has 1 aromatic heterocycles. The molecule has 1 heterocycles. The van der Waals surface area contributed by atoms with Crippen LogP contribution in [-0.4, -0.2) is 21.3 Å². The van der Waals surface area contributed by atoms with E-state index in [1.807, 2.05) is 12.1 Å². The van der Waals surface area contributed by atoms with Gasteiger partial charge in [0.05, 0.1) is 17.6 Å². The minimum Gasteiger partial charge on any atom is -0.493 e. The van der Waals surface area contributed by atoms with Gasteiger partial charge in [-0.1, -0.05) is 32.0 Å². The lowest BCUT2D eigenvalue weighted by Crippen LogP contribution is -2.10. The number of hydrogen-bond donors (Lipinski definition) is 1. The van der Waals surface area contributed by atoms with Gasteiger partial charge in [-0.05, 0) is 68.0 Å². The van der Waals surface area contributed by atoms with Gasteiger partial charge in [-0.25, -0.2) is 4.98 Å². The Morgan fingerprint density at radius 3 is 2.48 bits per heavy atom. The van der Waals surface area contributed by atoms with E-state index in [9.17, 15) is 5.11 Å². The van der Waals surface area contributed by atoms with E-state index < -0.39 is 6.10 Å². The molecule has 27 heavy (non-hydrogen) atoms. The third-order valence-electron chi connectivity index (χ3n) is 5.09. The molecule has 2 aromatic carbocycles. The molecule has 0 bridgehead atoms. The highest BCUT2D eigenvalue weighted by atomic mass is 16.5. The summed E-state index contributed by atoms with van der Waals surface area (Å²) >= 11 is 0. The van der Waals surface area contributed by atoms with Crippen LogP contribution in [0.25, 0.3) is 11.0 Å².